The summed E-state index contributed by atoms with van der Waals surface area (Å²) in [5, 5.41) is 6.64. The van der Waals surface area contributed by atoms with Crippen LogP contribution in [0.1, 0.15) is 30.3 Å². The monoisotopic (exact) mass is 276 g/mol. The maximum Gasteiger partial charge on any atom is 0.273 e. The van der Waals surface area contributed by atoms with E-state index in [-0.39, 0.29) is 23.7 Å². The van der Waals surface area contributed by atoms with Gasteiger partial charge in [0.05, 0.1) is 18.4 Å². The summed E-state index contributed by atoms with van der Waals surface area (Å²) >= 11 is 0. The van der Waals surface area contributed by atoms with Crippen LogP contribution in [0.25, 0.3) is 11.5 Å². The number of carbonyl (C=O) groups excluding carboxylic acids is 1. The van der Waals surface area contributed by atoms with Crippen molar-refractivity contribution >= 4 is 5.91 Å². The van der Waals surface area contributed by atoms with Crippen LogP contribution in [-0.4, -0.2) is 29.8 Å². The quantitative estimate of drug-likeness (QED) is 0.926. The first-order valence-corrected chi connectivity index (χ1v) is 6.67. The minimum Gasteiger partial charge on any atom is -0.461 e. The average Bonchev–Trinajstić information content (AvgIpc) is 3.19. The highest BCUT2D eigenvalue weighted by atomic mass is 16.5. The Morgan fingerprint density at radius 2 is 2.40 bits per heavy atom. The van der Waals surface area contributed by atoms with E-state index >= 15 is 0 Å². The Morgan fingerprint density at radius 3 is 3.10 bits per heavy atom. The average molecular weight is 276 g/mol. The van der Waals surface area contributed by atoms with Crippen LogP contribution in [0.3, 0.4) is 0 Å². The van der Waals surface area contributed by atoms with Crippen molar-refractivity contribution in [2.45, 2.75) is 31.9 Å². The number of hydrogen-bond donors (Lipinski definition) is 1. The standard InChI is InChI=1S/C14H16N2O4/c1-9(11-4-2-6-18-11)15-14(17)10-8-13(20-16-10)12-5-3-7-19-12/h3,5,7-9,11H,2,4,6H2,1H3,(H,15,17)/t9-,11-/m1/s1. The molecular weight excluding hydrogens is 260 g/mol. The minimum atomic E-state index is -0.269. The molecule has 1 amide bonds. The van der Waals surface area contributed by atoms with Gasteiger partial charge in [-0.15, -0.1) is 0 Å². The predicted octanol–water partition coefficient (Wildman–Crippen LogP) is 2.23. The highest BCUT2D eigenvalue weighted by Gasteiger charge is 2.25. The first kappa shape index (κ1) is 12.9. The Bertz CT molecular complexity index is 570. The number of carbonyl (C=O) groups is 1. The molecule has 1 saturated heterocycles. The van der Waals surface area contributed by atoms with E-state index in [4.69, 9.17) is 13.7 Å². The molecule has 106 valence electrons. The van der Waals surface area contributed by atoms with Gasteiger partial charge in [0.15, 0.2) is 11.5 Å². The van der Waals surface area contributed by atoms with Gasteiger partial charge in [-0.05, 0) is 31.9 Å². The van der Waals surface area contributed by atoms with E-state index < -0.39 is 0 Å². The zero-order chi connectivity index (χ0) is 13.9. The molecule has 6 nitrogen and oxygen atoms in total. The Kier molecular flexibility index (Phi) is 3.56. The lowest BCUT2D eigenvalue weighted by atomic mass is 10.1. The maximum absolute atomic E-state index is 12.1. The Balaban J connectivity index is 1.65. The van der Waals surface area contributed by atoms with Gasteiger partial charge in [0.2, 0.25) is 5.76 Å². The van der Waals surface area contributed by atoms with E-state index in [2.05, 4.69) is 10.5 Å². The third-order valence-corrected chi connectivity index (χ3v) is 3.39. The summed E-state index contributed by atoms with van der Waals surface area (Å²) in [4.78, 5) is 12.1. The van der Waals surface area contributed by atoms with Gasteiger partial charge in [-0.3, -0.25) is 4.79 Å². The molecule has 0 aromatic carbocycles. The van der Waals surface area contributed by atoms with E-state index in [1.165, 1.54) is 6.26 Å². The van der Waals surface area contributed by atoms with E-state index in [0.717, 1.165) is 19.4 Å². The minimum absolute atomic E-state index is 0.0474. The first-order chi connectivity index (χ1) is 9.74. The van der Waals surface area contributed by atoms with Crippen LogP contribution in [-0.2, 0) is 4.74 Å². The second kappa shape index (κ2) is 5.50. The highest BCUT2D eigenvalue weighted by molar-refractivity contribution is 5.93. The zero-order valence-electron chi connectivity index (χ0n) is 11.2. The van der Waals surface area contributed by atoms with E-state index in [9.17, 15) is 4.79 Å². The second-order valence-electron chi connectivity index (χ2n) is 4.87. The smallest absolute Gasteiger partial charge is 0.273 e. The first-order valence-electron chi connectivity index (χ1n) is 6.67. The summed E-state index contributed by atoms with van der Waals surface area (Å²) in [6.07, 6.45) is 3.63. The zero-order valence-corrected chi connectivity index (χ0v) is 11.2. The summed E-state index contributed by atoms with van der Waals surface area (Å²) in [5.74, 6) is 0.711. The predicted molar refractivity (Wildman–Crippen MR) is 70.1 cm³/mol. The summed E-state index contributed by atoms with van der Waals surface area (Å²) in [7, 11) is 0. The lowest BCUT2D eigenvalue weighted by Gasteiger charge is -2.19. The molecule has 1 aliphatic heterocycles. The van der Waals surface area contributed by atoms with Crippen LogP contribution in [0.5, 0.6) is 0 Å². The van der Waals surface area contributed by atoms with Crippen LogP contribution in [0, 0.1) is 0 Å². The van der Waals surface area contributed by atoms with Crippen molar-refractivity contribution in [2.24, 2.45) is 0 Å². The topological polar surface area (TPSA) is 77.5 Å². The van der Waals surface area contributed by atoms with Gasteiger partial charge in [-0.1, -0.05) is 5.16 Å². The molecule has 0 radical (unpaired) electrons. The molecular formula is C14H16N2O4. The number of amides is 1. The van der Waals surface area contributed by atoms with Crippen molar-refractivity contribution in [2.75, 3.05) is 6.61 Å². The van der Waals surface area contributed by atoms with Gasteiger partial charge in [0.25, 0.3) is 5.91 Å². The van der Waals surface area contributed by atoms with Crippen molar-refractivity contribution in [3.05, 3.63) is 30.2 Å². The molecule has 0 saturated carbocycles. The van der Waals surface area contributed by atoms with Gasteiger partial charge in [-0.25, -0.2) is 0 Å². The molecule has 3 rings (SSSR count). The van der Waals surface area contributed by atoms with Crippen LogP contribution >= 0.6 is 0 Å². The van der Waals surface area contributed by atoms with E-state index in [1.54, 1.807) is 18.2 Å². The summed E-state index contributed by atoms with van der Waals surface area (Å²) in [6.45, 7) is 2.69. The second-order valence-corrected chi connectivity index (χ2v) is 4.87. The summed E-state index contributed by atoms with van der Waals surface area (Å²) in [5.41, 5.74) is 0.237. The lowest BCUT2D eigenvalue weighted by Crippen LogP contribution is -2.40. The van der Waals surface area contributed by atoms with Crippen molar-refractivity contribution in [3.8, 4) is 11.5 Å². The van der Waals surface area contributed by atoms with E-state index in [1.807, 2.05) is 6.92 Å². The van der Waals surface area contributed by atoms with Crippen molar-refractivity contribution in [1.29, 1.82) is 0 Å². The fourth-order valence-corrected chi connectivity index (χ4v) is 2.29. The number of furan rings is 1. The van der Waals surface area contributed by atoms with Crippen LogP contribution in [0.15, 0.2) is 33.4 Å². The number of nitrogens with one attached hydrogen (secondary N) is 1. The fourth-order valence-electron chi connectivity index (χ4n) is 2.29. The van der Waals surface area contributed by atoms with Crippen LogP contribution in [0.2, 0.25) is 0 Å². The molecule has 20 heavy (non-hydrogen) atoms. The van der Waals surface area contributed by atoms with Crippen LogP contribution in [0.4, 0.5) is 0 Å². The number of hydrogen-bond acceptors (Lipinski definition) is 5. The number of nitrogens with zero attached hydrogens (tertiary/aromatic N) is 1. The van der Waals surface area contributed by atoms with Gasteiger partial charge >= 0.3 is 0 Å². The fraction of sp³-hybridized carbons (Fsp3) is 0.429. The van der Waals surface area contributed by atoms with Gasteiger partial charge in [0, 0.05) is 12.7 Å². The van der Waals surface area contributed by atoms with Gasteiger partial charge < -0.3 is 19.0 Å². The van der Waals surface area contributed by atoms with Crippen molar-refractivity contribution in [1.82, 2.24) is 10.5 Å². The lowest BCUT2D eigenvalue weighted by molar-refractivity contribution is 0.0707. The highest BCUT2D eigenvalue weighted by Crippen LogP contribution is 2.21. The summed E-state index contributed by atoms with van der Waals surface area (Å²) < 4.78 is 15.8. The molecule has 0 unspecified atom stereocenters. The SMILES string of the molecule is C[C@@H](NC(=O)c1cc(-c2ccco2)on1)[C@H]1CCCO1. The third kappa shape index (κ3) is 2.60. The number of aromatic nitrogens is 1. The normalized spacial score (nSPS) is 19.9. The Labute approximate surface area is 116 Å². The Hall–Kier alpha value is -2.08. The van der Waals surface area contributed by atoms with Gasteiger partial charge in [0.1, 0.15) is 0 Å². The largest absolute Gasteiger partial charge is 0.461 e. The molecule has 0 bridgehead atoms. The number of rotatable bonds is 4. The van der Waals surface area contributed by atoms with Gasteiger partial charge in [-0.2, -0.15) is 0 Å². The van der Waals surface area contributed by atoms with E-state index in [0.29, 0.717) is 11.5 Å². The summed E-state index contributed by atoms with van der Waals surface area (Å²) in [6, 6.07) is 5.01. The molecule has 0 aliphatic carbocycles. The van der Waals surface area contributed by atoms with Crippen LogP contribution < -0.4 is 5.32 Å². The molecule has 6 heteroatoms. The molecule has 1 N–H and O–H groups in total. The molecule has 3 heterocycles. The van der Waals surface area contributed by atoms with Crippen molar-refractivity contribution in [3.63, 3.8) is 0 Å². The molecule has 1 aliphatic rings. The number of ether oxygens (including phenoxy) is 1. The van der Waals surface area contributed by atoms with Crippen molar-refractivity contribution < 1.29 is 18.5 Å². The molecule has 0 spiro atoms. The molecule has 1 fully saturated rings. The third-order valence-electron chi connectivity index (χ3n) is 3.39. The Morgan fingerprint density at radius 1 is 1.50 bits per heavy atom. The molecule has 2 aromatic rings. The maximum atomic E-state index is 12.1. The molecule has 2 aromatic heterocycles. The molecule has 2 atom stereocenters.